The molecule has 140 valence electrons. The number of hydrogen-bond donors (Lipinski definition) is 0. The number of hydrogen-bond acceptors (Lipinski definition) is 8. The number of rotatable bonds is 5. The van der Waals surface area contributed by atoms with Gasteiger partial charge < -0.3 is 14.2 Å². The Kier molecular flexibility index (Phi) is 4.68. The second kappa shape index (κ2) is 7.14. The number of β-lactam (4-membered cyclic amide) rings is 1. The van der Waals surface area contributed by atoms with Crippen LogP contribution in [0.2, 0.25) is 0 Å². The zero-order valence-corrected chi connectivity index (χ0v) is 14.7. The van der Waals surface area contributed by atoms with Crippen molar-refractivity contribution in [3.63, 3.8) is 0 Å². The highest BCUT2D eigenvalue weighted by Gasteiger charge is 2.50. The molecule has 27 heavy (non-hydrogen) atoms. The maximum atomic E-state index is 12.4. The number of nitro groups is 1. The van der Waals surface area contributed by atoms with Crippen LogP contribution in [0, 0.1) is 10.1 Å². The van der Waals surface area contributed by atoms with Gasteiger partial charge in [0.2, 0.25) is 0 Å². The fraction of sp³-hybridized carbons (Fsp3) is 0.294. The second-order valence-corrected chi connectivity index (χ2v) is 6.94. The molecule has 4 rings (SSSR count). The number of ether oxygens (including phenoxy) is 3. The molecule has 0 bridgehead atoms. The molecule has 3 aliphatic heterocycles. The first-order valence-electron chi connectivity index (χ1n) is 8.05. The highest BCUT2D eigenvalue weighted by atomic mass is 32.2. The fourth-order valence-corrected chi connectivity index (χ4v) is 3.99. The molecule has 0 spiro atoms. The molecular weight excluding hydrogens is 376 g/mol. The summed E-state index contributed by atoms with van der Waals surface area (Å²) in [5.74, 6) is -0.866. The molecule has 1 aromatic carbocycles. The Morgan fingerprint density at radius 1 is 1.41 bits per heavy atom. The summed E-state index contributed by atoms with van der Waals surface area (Å²) >= 11 is 1.35. The van der Waals surface area contributed by atoms with Gasteiger partial charge in [0.05, 0.1) is 11.5 Å². The molecule has 10 heteroatoms. The summed E-state index contributed by atoms with van der Waals surface area (Å²) in [7, 11) is 0. The predicted molar refractivity (Wildman–Crippen MR) is 93.0 cm³/mol. The van der Waals surface area contributed by atoms with Gasteiger partial charge in [-0.15, -0.1) is 11.8 Å². The number of nitro benzene ring substituents is 1. The van der Waals surface area contributed by atoms with E-state index in [4.69, 9.17) is 14.2 Å². The van der Waals surface area contributed by atoms with Gasteiger partial charge >= 0.3 is 5.97 Å². The largest absolute Gasteiger partial charge is 0.456 e. The van der Waals surface area contributed by atoms with Crippen molar-refractivity contribution in [2.75, 3.05) is 13.4 Å². The van der Waals surface area contributed by atoms with Crippen LogP contribution in [0.5, 0.6) is 0 Å². The van der Waals surface area contributed by atoms with Crippen molar-refractivity contribution in [2.45, 2.75) is 18.1 Å². The first kappa shape index (κ1) is 17.7. The number of benzene rings is 1. The maximum Gasteiger partial charge on any atom is 0.355 e. The Hall–Kier alpha value is -2.69. The number of nitrogens with zero attached hydrogens (tertiary/aromatic N) is 2. The summed E-state index contributed by atoms with van der Waals surface area (Å²) in [6.07, 6.45) is 1.49. The minimum atomic E-state index is -0.615. The molecule has 0 radical (unpaired) electrons. The third-order valence-electron chi connectivity index (χ3n) is 4.27. The van der Waals surface area contributed by atoms with E-state index < -0.39 is 10.9 Å². The number of thioether (sulfide) groups is 1. The van der Waals surface area contributed by atoms with E-state index in [1.165, 1.54) is 40.9 Å². The van der Waals surface area contributed by atoms with Gasteiger partial charge in [-0.2, -0.15) is 0 Å². The average molecular weight is 390 g/mol. The predicted octanol–water partition coefficient (Wildman–Crippen LogP) is 1.69. The monoisotopic (exact) mass is 390 g/mol. The van der Waals surface area contributed by atoms with E-state index in [0.717, 1.165) is 0 Å². The summed E-state index contributed by atoms with van der Waals surface area (Å²) < 4.78 is 15.6. The molecule has 1 aromatic rings. The van der Waals surface area contributed by atoms with Crippen LogP contribution in [0.15, 0.2) is 47.0 Å². The summed E-state index contributed by atoms with van der Waals surface area (Å²) in [5, 5.41) is 12.0. The normalized spacial score (nSPS) is 25.2. The first-order valence-corrected chi connectivity index (χ1v) is 8.99. The molecule has 2 atom stereocenters. The minimum absolute atomic E-state index is 0.0371. The van der Waals surface area contributed by atoms with Crippen LogP contribution in [0.4, 0.5) is 5.69 Å². The lowest BCUT2D eigenvalue weighted by atomic mass is 10.0. The van der Waals surface area contributed by atoms with Crippen molar-refractivity contribution in [2.24, 2.45) is 0 Å². The van der Waals surface area contributed by atoms with Crippen LogP contribution in [0.1, 0.15) is 5.56 Å². The maximum absolute atomic E-state index is 12.4. The van der Waals surface area contributed by atoms with Gasteiger partial charge in [-0.3, -0.25) is 19.8 Å². The molecule has 2 saturated heterocycles. The van der Waals surface area contributed by atoms with Crippen LogP contribution in [-0.2, 0) is 30.4 Å². The Balaban J connectivity index is 1.35. The Bertz CT molecular complexity index is 859. The SMILES string of the molecule is O=C(OCc1ccc([N+](=O)[O-])cc1)C1=CS[C@@H]2/C(=C\C3COCO3)C(=O)N12. The Morgan fingerprint density at radius 3 is 2.85 bits per heavy atom. The number of esters is 1. The fourth-order valence-electron chi connectivity index (χ4n) is 2.86. The van der Waals surface area contributed by atoms with E-state index in [1.807, 2.05) is 0 Å². The third kappa shape index (κ3) is 3.34. The number of amides is 1. The van der Waals surface area contributed by atoms with Gasteiger partial charge in [-0.05, 0) is 23.8 Å². The van der Waals surface area contributed by atoms with Crippen LogP contribution in [0.25, 0.3) is 0 Å². The average Bonchev–Trinajstić information content (AvgIpc) is 3.32. The summed E-state index contributed by atoms with van der Waals surface area (Å²) in [6, 6.07) is 5.72. The standard InChI is InChI=1S/C17H14N2O7S/c20-15-13(5-12-7-24-9-26-12)16-18(15)14(8-27-16)17(21)25-6-10-1-3-11(4-2-10)19(22)23/h1-5,8,12,16H,6-7,9H2/b13-5-/t12?,16-/m1/s1. The molecule has 2 fully saturated rings. The topological polar surface area (TPSA) is 108 Å². The van der Waals surface area contributed by atoms with Gasteiger partial charge in [-0.25, -0.2) is 4.79 Å². The molecule has 0 N–H and O–H groups in total. The number of non-ortho nitro benzene ring substituents is 1. The van der Waals surface area contributed by atoms with Gasteiger partial charge in [0.1, 0.15) is 30.6 Å². The van der Waals surface area contributed by atoms with E-state index in [9.17, 15) is 19.7 Å². The van der Waals surface area contributed by atoms with Crippen molar-refractivity contribution in [1.82, 2.24) is 4.90 Å². The van der Waals surface area contributed by atoms with E-state index in [1.54, 1.807) is 11.5 Å². The zero-order valence-electron chi connectivity index (χ0n) is 13.9. The minimum Gasteiger partial charge on any atom is -0.456 e. The Labute approximate surface area is 157 Å². The van der Waals surface area contributed by atoms with E-state index in [2.05, 4.69) is 0 Å². The molecular formula is C17H14N2O7S. The lowest BCUT2D eigenvalue weighted by Crippen LogP contribution is -2.51. The van der Waals surface area contributed by atoms with Crippen LogP contribution in [0.3, 0.4) is 0 Å². The molecule has 3 aliphatic rings. The third-order valence-corrected chi connectivity index (χ3v) is 5.36. The molecule has 0 aromatic heterocycles. The summed E-state index contributed by atoms with van der Waals surface area (Å²) in [6.45, 7) is 0.579. The summed E-state index contributed by atoms with van der Waals surface area (Å²) in [4.78, 5) is 36.2. The Morgan fingerprint density at radius 2 is 2.19 bits per heavy atom. The van der Waals surface area contributed by atoms with Crippen molar-refractivity contribution >= 4 is 29.3 Å². The number of fused-ring (bicyclic) bond motifs is 1. The van der Waals surface area contributed by atoms with Gasteiger partial charge in [0.25, 0.3) is 11.6 Å². The van der Waals surface area contributed by atoms with Gasteiger partial charge in [0.15, 0.2) is 0 Å². The molecule has 3 heterocycles. The number of carbonyl (C=O) groups is 2. The lowest BCUT2D eigenvalue weighted by Gasteiger charge is -2.37. The first-order chi connectivity index (χ1) is 13.0. The molecule has 1 amide bonds. The molecule has 0 saturated carbocycles. The molecule has 1 unspecified atom stereocenters. The van der Waals surface area contributed by atoms with E-state index in [0.29, 0.717) is 17.7 Å². The van der Waals surface area contributed by atoms with Gasteiger partial charge in [-0.1, -0.05) is 0 Å². The molecule has 0 aliphatic carbocycles. The van der Waals surface area contributed by atoms with Crippen LogP contribution < -0.4 is 0 Å². The van der Waals surface area contributed by atoms with Crippen molar-refractivity contribution in [1.29, 1.82) is 0 Å². The lowest BCUT2D eigenvalue weighted by molar-refractivity contribution is -0.384. The van der Waals surface area contributed by atoms with Gasteiger partial charge in [0, 0.05) is 23.1 Å². The van der Waals surface area contributed by atoms with E-state index in [-0.39, 0.29) is 42.2 Å². The van der Waals surface area contributed by atoms with Crippen LogP contribution >= 0.6 is 11.8 Å². The van der Waals surface area contributed by atoms with Crippen molar-refractivity contribution < 1.29 is 28.7 Å². The van der Waals surface area contributed by atoms with Crippen molar-refractivity contribution in [3.8, 4) is 0 Å². The highest BCUT2D eigenvalue weighted by molar-refractivity contribution is 8.03. The summed E-state index contributed by atoms with van der Waals surface area (Å²) in [5.41, 5.74) is 1.36. The highest BCUT2D eigenvalue weighted by Crippen LogP contribution is 2.45. The quantitative estimate of drug-likeness (QED) is 0.246. The zero-order chi connectivity index (χ0) is 19.0. The molecule has 9 nitrogen and oxygen atoms in total. The van der Waals surface area contributed by atoms with E-state index >= 15 is 0 Å². The smallest absolute Gasteiger partial charge is 0.355 e. The number of carbonyl (C=O) groups excluding carboxylic acids is 2. The van der Waals surface area contributed by atoms with Crippen LogP contribution in [-0.4, -0.2) is 46.6 Å². The second-order valence-electron chi connectivity index (χ2n) is 5.98. The van der Waals surface area contributed by atoms with Crippen molar-refractivity contribution in [3.05, 3.63) is 62.7 Å².